The third-order valence-electron chi connectivity index (χ3n) is 3.38. The molecule has 1 unspecified atom stereocenters. The maximum absolute atomic E-state index is 11.3. The highest BCUT2D eigenvalue weighted by Crippen LogP contribution is 2.14. The van der Waals surface area contributed by atoms with Crippen molar-refractivity contribution in [2.75, 3.05) is 0 Å². The summed E-state index contributed by atoms with van der Waals surface area (Å²) in [5.41, 5.74) is 2.52. The van der Waals surface area contributed by atoms with Crippen LogP contribution in [0.4, 0.5) is 0 Å². The summed E-state index contributed by atoms with van der Waals surface area (Å²) in [6.45, 7) is 5.88. The number of hydrogen-bond donors (Lipinski definition) is 0. The Kier molecular flexibility index (Phi) is 8.03. The van der Waals surface area contributed by atoms with Gasteiger partial charge in [0.1, 0.15) is 5.78 Å². The Labute approximate surface area is 128 Å². The Morgan fingerprint density at radius 2 is 1.71 bits per heavy atom. The minimum absolute atomic E-state index is 0.183. The first kappa shape index (κ1) is 17.1. The number of Topliss-reactive ketones (excluding diaryl/α,β-unsaturated/α-hetero) is 1. The molecule has 0 spiro atoms. The van der Waals surface area contributed by atoms with Crippen LogP contribution >= 0.6 is 0 Å². The van der Waals surface area contributed by atoms with Crippen LogP contribution in [0.25, 0.3) is 0 Å². The number of rotatable bonds is 5. The van der Waals surface area contributed by atoms with E-state index in [1.807, 2.05) is 30.3 Å². The summed E-state index contributed by atoms with van der Waals surface area (Å²) >= 11 is 0. The molecule has 112 valence electrons. The summed E-state index contributed by atoms with van der Waals surface area (Å²) in [6, 6.07) is 14.2. The van der Waals surface area contributed by atoms with Crippen molar-refractivity contribution in [2.45, 2.75) is 40.0 Å². The fourth-order valence-corrected chi connectivity index (χ4v) is 2.14. The first-order valence-corrected chi connectivity index (χ1v) is 7.54. The SMILES string of the molecule is CCCC(Cc1ccncc1)C(C)=O.Cc1ccccc1. The summed E-state index contributed by atoms with van der Waals surface area (Å²) < 4.78 is 0. The van der Waals surface area contributed by atoms with Crippen LogP contribution in [0.15, 0.2) is 54.9 Å². The van der Waals surface area contributed by atoms with Crippen molar-refractivity contribution in [3.05, 3.63) is 66.0 Å². The molecule has 2 aromatic rings. The largest absolute Gasteiger partial charge is 0.300 e. The molecule has 0 aliphatic carbocycles. The molecular weight excluding hydrogens is 258 g/mol. The molecule has 2 rings (SSSR count). The standard InChI is InChI=1S/C12H17NO.C7H8/c1-3-4-12(10(2)14)9-11-5-7-13-8-6-11;1-7-5-3-2-4-6-7/h5-8,12H,3-4,9H2,1-2H3;2-6H,1H3. The normalized spacial score (nSPS) is 11.2. The number of aryl methyl sites for hydroxylation is 1. The van der Waals surface area contributed by atoms with Gasteiger partial charge in [-0.25, -0.2) is 0 Å². The first-order chi connectivity index (χ1) is 10.1. The van der Waals surface area contributed by atoms with Crippen molar-refractivity contribution in [1.82, 2.24) is 4.98 Å². The highest BCUT2D eigenvalue weighted by Gasteiger charge is 2.13. The van der Waals surface area contributed by atoms with Crippen molar-refractivity contribution in [2.24, 2.45) is 5.92 Å². The molecule has 0 fully saturated rings. The van der Waals surface area contributed by atoms with Gasteiger partial charge in [-0.15, -0.1) is 0 Å². The van der Waals surface area contributed by atoms with E-state index in [0.29, 0.717) is 5.78 Å². The van der Waals surface area contributed by atoms with E-state index in [0.717, 1.165) is 19.3 Å². The highest BCUT2D eigenvalue weighted by molar-refractivity contribution is 5.78. The molecule has 0 radical (unpaired) electrons. The lowest BCUT2D eigenvalue weighted by Crippen LogP contribution is -2.13. The van der Waals surface area contributed by atoms with Crippen molar-refractivity contribution < 1.29 is 4.79 Å². The number of carbonyl (C=O) groups excluding carboxylic acids is 1. The Morgan fingerprint density at radius 3 is 2.14 bits per heavy atom. The molecule has 0 aliphatic heterocycles. The van der Waals surface area contributed by atoms with Crippen LogP contribution in [0, 0.1) is 12.8 Å². The third kappa shape index (κ3) is 7.40. The zero-order valence-electron chi connectivity index (χ0n) is 13.3. The van der Waals surface area contributed by atoms with E-state index in [2.05, 4.69) is 31.0 Å². The maximum Gasteiger partial charge on any atom is 0.133 e. The zero-order chi connectivity index (χ0) is 15.5. The van der Waals surface area contributed by atoms with Crippen LogP contribution in [0.5, 0.6) is 0 Å². The topological polar surface area (TPSA) is 30.0 Å². The predicted molar refractivity (Wildman–Crippen MR) is 88.2 cm³/mol. The number of hydrogen-bond acceptors (Lipinski definition) is 2. The molecule has 0 saturated heterocycles. The Hall–Kier alpha value is -1.96. The minimum Gasteiger partial charge on any atom is -0.300 e. The van der Waals surface area contributed by atoms with Crippen LogP contribution < -0.4 is 0 Å². The average Bonchev–Trinajstić information content (AvgIpc) is 2.49. The summed E-state index contributed by atoms with van der Waals surface area (Å²) in [7, 11) is 0. The van der Waals surface area contributed by atoms with E-state index in [-0.39, 0.29) is 5.92 Å². The minimum atomic E-state index is 0.183. The molecule has 1 aromatic heterocycles. The molecule has 0 amide bonds. The van der Waals surface area contributed by atoms with Crippen LogP contribution in [-0.2, 0) is 11.2 Å². The number of carbonyl (C=O) groups is 1. The van der Waals surface area contributed by atoms with Gasteiger partial charge < -0.3 is 0 Å². The third-order valence-corrected chi connectivity index (χ3v) is 3.38. The lowest BCUT2D eigenvalue weighted by Gasteiger charge is -2.11. The van der Waals surface area contributed by atoms with Gasteiger partial charge in [-0.05, 0) is 44.4 Å². The number of benzene rings is 1. The van der Waals surface area contributed by atoms with Gasteiger partial charge in [0, 0.05) is 18.3 Å². The van der Waals surface area contributed by atoms with Gasteiger partial charge in [0.25, 0.3) is 0 Å². The first-order valence-electron chi connectivity index (χ1n) is 7.54. The van der Waals surface area contributed by atoms with Gasteiger partial charge in [-0.2, -0.15) is 0 Å². The summed E-state index contributed by atoms with van der Waals surface area (Å²) in [6.07, 6.45) is 6.45. The molecule has 2 heteroatoms. The molecule has 0 aliphatic rings. The lowest BCUT2D eigenvalue weighted by atomic mass is 9.92. The summed E-state index contributed by atoms with van der Waals surface area (Å²) in [5, 5.41) is 0. The second-order valence-electron chi connectivity index (χ2n) is 5.31. The van der Waals surface area contributed by atoms with E-state index < -0.39 is 0 Å². The van der Waals surface area contributed by atoms with Gasteiger partial charge >= 0.3 is 0 Å². The lowest BCUT2D eigenvalue weighted by molar-refractivity contribution is -0.120. The van der Waals surface area contributed by atoms with Gasteiger partial charge in [-0.1, -0.05) is 49.2 Å². The van der Waals surface area contributed by atoms with E-state index >= 15 is 0 Å². The maximum atomic E-state index is 11.3. The average molecular weight is 283 g/mol. The summed E-state index contributed by atoms with van der Waals surface area (Å²) in [4.78, 5) is 15.3. The van der Waals surface area contributed by atoms with Crippen molar-refractivity contribution >= 4 is 5.78 Å². The van der Waals surface area contributed by atoms with Crippen molar-refractivity contribution in [3.8, 4) is 0 Å². The summed E-state index contributed by atoms with van der Waals surface area (Å²) in [5.74, 6) is 0.478. The Balaban J connectivity index is 0.000000262. The van der Waals surface area contributed by atoms with Gasteiger partial charge in [0.2, 0.25) is 0 Å². The molecule has 0 N–H and O–H groups in total. The van der Waals surface area contributed by atoms with E-state index in [4.69, 9.17) is 0 Å². The number of ketones is 1. The smallest absolute Gasteiger partial charge is 0.133 e. The van der Waals surface area contributed by atoms with E-state index in [1.54, 1.807) is 19.3 Å². The number of nitrogens with zero attached hydrogens (tertiary/aromatic N) is 1. The predicted octanol–water partition coefficient (Wildman–Crippen LogP) is 4.62. The fraction of sp³-hybridized carbons (Fsp3) is 0.368. The van der Waals surface area contributed by atoms with E-state index in [9.17, 15) is 4.79 Å². The fourth-order valence-electron chi connectivity index (χ4n) is 2.14. The Bertz CT molecular complexity index is 508. The van der Waals surface area contributed by atoms with Crippen LogP contribution in [0.2, 0.25) is 0 Å². The molecule has 1 aromatic carbocycles. The Morgan fingerprint density at radius 1 is 1.10 bits per heavy atom. The monoisotopic (exact) mass is 283 g/mol. The van der Waals surface area contributed by atoms with Crippen LogP contribution in [0.1, 0.15) is 37.8 Å². The van der Waals surface area contributed by atoms with Gasteiger partial charge in [0.15, 0.2) is 0 Å². The molecule has 1 atom stereocenters. The van der Waals surface area contributed by atoms with Gasteiger partial charge in [-0.3, -0.25) is 9.78 Å². The molecule has 0 bridgehead atoms. The number of aromatic nitrogens is 1. The molecular formula is C19H25NO. The second-order valence-corrected chi connectivity index (χ2v) is 5.31. The van der Waals surface area contributed by atoms with Gasteiger partial charge in [0.05, 0.1) is 0 Å². The van der Waals surface area contributed by atoms with Crippen molar-refractivity contribution in [3.63, 3.8) is 0 Å². The van der Waals surface area contributed by atoms with Crippen LogP contribution in [-0.4, -0.2) is 10.8 Å². The molecule has 0 saturated carbocycles. The number of pyridine rings is 1. The van der Waals surface area contributed by atoms with E-state index in [1.165, 1.54) is 11.1 Å². The van der Waals surface area contributed by atoms with Crippen molar-refractivity contribution in [1.29, 1.82) is 0 Å². The quantitative estimate of drug-likeness (QED) is 0.801. The molecule has 1 heterocycles. The molecule has 21 heavy (non-hydrogen) atoms. The molecule has 2 nitrogen and oxygen atoms in total. The highest BCUT2D eigenvalue weighted by atomic mass is 16.1. The van der Waals surface area contributed by atoms with Crippen LogP contribution in [0.3, 0.4) is 0 Å². The second kappa shape index (κ2) is 9.87. The zero-order valence-corrected chi connectivity index (χ0v) is 13.3.